The first-order chi connectivity index (χ1) is 6.36. The minimum atomic E-state index is -0.777. The Morgan fingerprint density at radius 2 is 1.93 bits per heavy atom. The molecule has 1 aromatic carbocycles. The second-order valence-corrected chi connectivity index (χ2v) is 5.87. The van der Waals surface area contributed by atoms with Crippen LogP contribution in [0.4, 0.5) is 0 Å². The zero-order valence-corrected chi connectivity index (χ0v) is 12.6. The summed E-state index contributed by atoms with van der Waals surface area (Å²) in [6.45, 7) is 2.27. The van der Waals surface area contributed by atoms with Gasteiger partial charge in [0.2, 0.25) is 0 Å². The van der Waals surface area contributed by atoms with Crippen molar-refractivity contribution in [3.63, 3.8) is 0 Å². The van der Waals surface area contributed by atoms with E-state index in [-0.39, 0.29) is 34.3 Å². The molecule has 0 spiro atoms. The molecule has 0 heterocycles. The van der Waals surface area contributed by atoms with Gasteiger partial charge in [-0.15, -0.1) is 0 Å². The SMILES string of the molecule is C[SiH2]C1=Cc2ccccc2[CH]1[V+2]=[O].[Cl-].[Cl-]. The third-order valence-corrected chi connectivity index (χ3v) is 5.76. The van der Waals surface area contributed by atoms with Crippen molar-refractivity contribution in [2.45, 2.75) is 11.2 Å². The molecule has 0 radical (unpaired) electrons. The van der Waals surface area contributed by atoms with Gasteiger partial charge in [-0.25, -0.2) is 0 Å². The Kier molecular flexibility index (Phi) is 6.73. The average molecular weight is 297 g/mol. The maximum Gasteiger partial charge on any atom is -1.00 e. The molecule has 0 bridgehead atoms. The van der Waals surface area contributed by atoms with Gasteiger partial charge in [0.1, 0.15) is 0 Å². The Labute approximate surface area is 112 Å². The van der Waals surface area contributed by atoms with Gasteiger partial charge in [0.15, 0.2) is 0 Å². The van der Waals surface area contributed by atoms with Crippen LogP contribution >= 0.6 is 0 Å². The van der Waals surface area contributed by atoms with Crippen molar-refractivity contribution in [1.29, 1.82) is 0 Å². The van der Waals surface area contributed by atoms with Crippen LogP contribution in [0.3, 0.4) is 0 Å². The number of hydrogen-bond acceptors (Lipinski definition) is 1. The van der Waals surface area contributed by atoms with Gasteiger partial charge in [0, 0.05) is 0 Å². The van der Waals surface area contributed by atoms with Gasteiger partial charge >= 0.3 is 87.3 Å². The summed E-state index contributed by atoms with van der Waals surface area (Å²) >= 11 is -0.777. The van der Waals surface area contributed by atoms with Crippen LogP contribution in [0.15, 0.2) is 29.5 Å². The molecule has 0 aliphatic heterocycles. The van der Waals surface area contributed by atoms with Crippen LogP contribution in [0.2, 0.25) is 6.55 Å². The van der Waals surface area contributed by atoms with Crippen LogP contribution in [-0.4, -0.2) is 9.52 Å². The fraction of sp³-hybridized carbons (Fsp3) is 0.200. The van der Waals surface area contributed by atoms with E-state index in [2.05, 4.69) is 24.8 Å². The van der Waals surface area contributed by atoms with E-state index < -0.39 is 16.2 Å². The molecule has 5 heteroatoms. The molecular formula is C10H11Cl2OSiV. The van der Waals surface area contributed by atoms with Gasteiger partial charge in [-0.2, -0.15) is 0 Å². The first-order valence-corrected chi connectivity index (χ1v) is 7.98. The van der Waals surface area contributed by atoms with Crippen molar-refractivity contribution < 1.29 is 44.7 Å². The smallest absolute Gasteiger partial charge is 1.00 e. The maximum absolute atomic E-state index is 11.1. The van der Waals surface area contributed by atoms with E-state index in [9.17, 15) is 3.67 Å². The van der Waals surface area contributed by atoms with E-state index in [4.69, 9.17) is 0 Å². The molecule has 80 valence electrons. The van der Waals surface area contributed by atoms with E-state index in [0.717, 1.165) is 0 Å². The zero-order chi connectivity index (χ0) is 9.26. The van der Waals surface area contributed by atoms with Gasteiger partial charge in [-0.3, -0.25) is 0 Å². The van der Waals surface area contributed by atoms with E-state index >= 15 is 0 Å². The number of hydrogen-bond donors (Lipinski definition) is 0. The first-order valence-electron chi connectivity index (χ1n) is 4.48. The van der Waals surface area contributed by atoms with Crippen LogP contribution in [0.25, 0.3) is 6.08 Å². The van der Waals surface area contributed by atoms with Crippen molar-refractivity contribution in [2.75, 3.05) is 0 Å². The Bertz CT molecular complexity index is 381. The van der Waals surface area contributed by atoms with Gasteiger partial charge in [-0.05, 0) is 0 Å². The number of allylic oxidation sites excluding steroid dienone is 1. The normalized spacial score (nSPS) is 17.4. The molecule has 0 amide bonds. The minimum Gasteiger partial charge on any atom is -1.00 e. The Morgan fingerprint density at radius 3 is 2.53 bits per heavy atom. The fourth-order valence-corrected chi connectivity index (χ4v) is 4.86. The Hall–Kier alpha value is 0.141. The second-order valence-electron chi connectivity index (χ2n) is 3.21. The third kappa shape index (κ3) is 2.83. The minimum absolute atomic E-state index is 0. The standard InChI is InChI=1S/C10H11Si.2ClH.O.V/c1-11-10-6-8-4-2-3-5-9(8)7-10;;;;/h2-7H,11H2,1H3;2*1H;;/q;;;;+2/p-2. The first kappa shape index (κ1) is 15.1. The summed E-state index contributed by atoms with van der Waals surface area (Å²) in [7, 11) is -0.147. The number of rotatable bonds is 2. The summed E-state index contributed by atoms with van der Waals surface area (Å²) in [5, 5.41) is 1.47. The predicted octanol–water partition coefficient (Wildman–Crippen LogP) is -4.26. The molecule has 1 nitrogen and oxygen atoms in total. The van der Waals surface area contributed by atoms with Crippen molar-refractivity contribution in [3.8, 4) is 0 Å². The summed E-state index contributed by atoms with van der Waals surface area (Å²) in [6, 6.07) is 8.32. The second kappa shape index (κ2) is 6.67. The quantitative estimate of drug-likeness (QED) is 0.505. The topological polar surface area (TPSA) is 17.1 Å². The van der Waals surface area contributed by atoms with Crippen LogP contribution in [0.5, 0.6) is 0 Å². The average Bonchev–Trinajstić information content (AvgIpc) is 2.55. The maximum atomic E-state index is 11.1. The largest absolute Gasteiger partial charge is 1.00 e. The molecule has 0 fully saturated rings. The summed E-state index contributed by atoms with van der Waals surface area (Å²) in [6.07, 6.45) is 2.25. The molecule has 0 aromatic heterocycles. The molecule has 1 aliphatic carbocycles. The van der Waals surface area contributed by atoms with E-state index in [0.29, 0.717) is 4.63 Å². The molecule has 2 rings (SSSR count). The van der Waals surface area contributed by atoms with E-state index in [1.165, 1.54) is 16.3 Å². The summed E-state index contributed by atoms with van der Waals surface area (Å²) in [5.41, 5.74) is 2.59. The molecule has 1 unspecified atom stereocenters. The molecule has 0 saturated heterocycles. The van der Waals surface area contributed by atoms with Gasteiger partial charge in [-0.1, -0.05) is 0 Å². The van der Waals surface area contributed by atoms with Crippen molar-refractivity contribution in [3.05, 3.63) is 40.6 Å². The van der Waals surface area contributed by atoms with Crippen LogP contribution in [0, 0.1) is 0 Å². The fourth-order valence-electron chi connectivity index (χ4n) is 1.79. The molecule has 0 saturated carbocycles. The number of benzene rings is 1. The molecular weight excluding hydrogens is 286 g/mol. The third-order valence-electron chi connectivity index (χ3n) is 2.50. The van der Waals surface area contributed by atoms with Crippen molar-refractivity contribution in [1.82, 2.24) is 0 Å². The molecule has 15 heavy (non-hydrogen) atoms. The van der Waals surface area contributed by atoms with E-state index in [1.807, 2.05) is 12.1 Å². The van der Waals surface area contributed by atoms with Gasteiger partial charge < -0.3 is 24.8 Å². The van der Waals surface area contributed by atoms with E-state index in [1.54, 1.807) is 0 Å². The number of halogens is 2. The zero-order valence-electron chi connectivity index (χ0n) is 8.28. The van der Waals surface area contributed by atoms with Gasteiger partial charge in [0.05, 0.1) is 0 Å². The molecule has 1 aromatic rings. The summed E-state index contributed by atoms with van der Waals surface area (Å²) in [5.74, 6) is 0. The monoisotopic (exact) mass is 296 g/mol. The van der Waals surface area contributed by atoms with Crippen LogP contribution < -0.4 is 24.8 Å². The Morgan fingerprint density at radius 1 is 1.27 bits per heavy atom. The van der Waals surface area contributed by atoms with Gasteiger partial charge in [0.25, 0.3) is 0 Å². The summed E-state index contributed by atoms with van der Waals surface area (Å²) in [4.78, 5) is 0. The number of fused-ring (bicyclic) bond motifs is 1. The van der Waals surface area contributed by atoms with Crippen molar-refractivity contribution in [2.24, 2.45) is 0 Å². The summed E-state index contributed by atoms with van der Waals surface area (Å²) < 4.78 is 11.4. The molecule has 1 aliphatic rings. The molecule has 1 atom stereocenters. The van der Waals surface area contributed by atoms with Crippen LogP contribution in [0.1, 0.15) is 15.8 Å². The van der Waals surface area contributed by atoms with Crippen LogP contribution in [-0.2, 0) is 19.9 Å². The molecule has 0 N–H and O–H groups in total. The predicted molar refractivity (Wildman–Crippen MR) is 52.3 cm³/mol. The van der Waals surface area contributed by atoms with Crippen molar-refractivity contribution >= 4 is 15.6 Å². The Balaban J connectivity index is 0.000000980.